The van der Waals surface area contributed by atoms with Crippen LogP contribution in [0.15, 0.2) is 4.42 Å². The van der Waals surface area contributed by atoms with Gasteiger partial charge in [0.1, 0.15) is 15.2 Å². The van der Waals surface area contributed by atoms with Crippen LogP contribution in [0.1, 0.15) is 39.6 Å². The Balaban J connectivity index is 2.17. The smallest absolute Gasteiger partial charge is 0.378 e. The second-order valence-electron chi connectivity index (χ2n) is 4.81. The molecule has 122 valence electrons. The number of ether oxygens (including phenoxy) is 2. The lowest BCUT2D eigenvalue weighted by Gasteiger charge is -1.99. The molecule has 23 heavy (non-hydrogen) atoms. The number of carbonyl (C=O) groups is 2. The van der Waals surface area contributed by atoms with Crippen molar-refractivity contribution in [3.8, 4) is 5.75 Å². The highest BCUT2D eigenvalue weighted by molar-refractivity contribution is 7.20. The van der Waals surface area contributed by atoms with Gasteiger partial charge in [0.2, 0.25) is 0 Å². The van der Waals surface area contributed by atoms with E-state index in [2.05, 4.69) is 4.98 Å². The zero-order valence-corrected chi connectivity index (χ0v) is 13.6. The molecule has 3 aromatic heterocycles. The van der Waals surface area contributed by atoms with Crippen LogP contribution in [0, 0.1) is 6.92 Å². The summed E-state index contributed by atoms with van der Waals surface area (Å²) in [6.07, 6.45) is 0. The number of carbonyl (C=O) groups excluding carboxylic acids is 2. The van der Waals surface area contributed by atoms with E-state index in [9.17, 15) is 14.7 Å². The first-order chi connectivity index (χ1) is 11.0. The van der Waals surface area contributed by atoms with Crippen LogP contribution in [-0.4, -0.2) is 35.2 Å². The van der Waals surface area contributed by atoms with Gasteiger partial charge in [-0.3, -0.25) is 0 Å². The Morgan fingerprint density at radius 1 is 1.22 bits per heavy atom. The number of aromatic hydroxyl groups is 1. The molecule has 0 saturated heterocycles. The summed E-state index contributed by atoms with van der Waals surface area (Å²) in [4.78, 5) is 27.9. The lowest BCUT2D eigenvalue weighted by molar-refractivity contribution is 0.0486. The molecule has 2 N–H and O–H groups in total. The minimum atomic E-state index is -0.735. The van der Waals surface area contributed by atoms with Gasteiger partial charge in [0, 0.05) is 0 Å². The molecule has 0 unspecified atom stereocenters. The first kappa shape index (κ1) is 15.4. The fourth-order valence-electron chi connectivity index (χ4n) is 2.43. The van der Waals surface area contributed by atoms with Crippen molar-refractivity contribution in [2.45, 2.75) is 20.8 Å². The maximum absolute atomic E-state index is 12.0. The number of hydrogen-bond donors (Lipinski definition) is 2. The first-order valence-electron chi connectivity index (χ1n) is 7.10. The average Bonchev–Trinajstić information content (AvgIpc) is 3.11. The van der Waals surface area contributed by atoms with Gasteiger partial charge in [-0.15, -0.1) is 11.3 Å². The number of rotatable bonds is 4. The summed E-state index contributed by atoms with van der Waals surface area (Å²) < 4.78 is 15.4. The average molecular weight is 337 g/mol. The Labute approximate surface area is 134 Å². The van der Waals surface area contributed by atoms with Gasteiger partial charge in [-0.25, -0.2) is 9.59 Å². The molecular formula is C15H15NO6S. The monoisotopic (exact) mass is 337 g/mol. The zero-order valence-electron chi connectivity index (χ0n) is 12.8. The summed E-state index contributed by atoms with van der Waals surface area (Å²) in [6, 6.07) is 0. The predicted octanol–water partition coefficient (Wildman–Crippen LogP) is 3.34. The van der Waals surface area contributed by atoms with Gasteiger partial charge >= 0.3 is 11.9 Å². The van der Waals surface area contributed by atoms with E-state index in [1.807, 2.05) is 0 Å². The SMILES string of the molecule is CCOC(=O)c1oc2c([nH]c3sc(C(=O)OCC)c(C)c32)c1O. The van der Waals surface area contributed by atoms with Crippen LogP contribution >= 0.6 is 11.3 Å². The van der Waals surface area contributed by atoms with Crippen molar-refractivity contribution in [3.05, 3.63) is 16.2 Å². The Bertz CT molecular complexity index is 916. The van der Waals surface area contributed by atoms with Gasteiger partial charge in [-0.2, -0.15) is 0 Å². The number of furan rings is 1. The van der Waals surface area contributed by atoms with Gasteiger partial charge in [-0.05, 0) is 26.3 Å². The Hall–Kier alpha value is -2.48. The van der Waals surface area contributed by atoms with Crippen LogP contribution < -0.4 is 0 Å². The zero-order chi connectivity index (χ0) is 16.7. The van der Waals surface area contributed by atoms with Crippen molar-refractivity contribution in [2.75, 3.05) is 13.2 Å². The van der Waals surface area contributed by atoms with Crippen LogP contribution in [0.2, 0.25) is 0 Å². The van der Waals surface area contributed by atoms with Gasteiger partial charge in [-0.1, -0.05) is 0 Å². The molecule has 0 spiro atoms. The summed E-state index contributed by atoms with van der Waals surface area (Å²) in [5.41, 5.74) is 1.32. The van der Waals surface area contributed by atoms with Gasteiger partial charge < -0.3 is 24.0 Å². The number of esters is 2. The third kappa shape index (κ3) is 2.26. The van der Waals surface area contributed by atoms with Crippen molar-refractivity contribution in [1.82, 2.24) is 4.98 Å². The molecule has 8 heteroatoms. The van der Waals surface area contributed by atoms with Gasteiger partial charge in [0.05, 0.1) is 18.6 Å². The third-order valence-corrected chi connectivity index (χ3v) is 4.60. The van der Waals surface area contributed by atoms with E-state index in [4.69, 9.17) is 13.9 Å². The van der Waals surface area contributed by atoms with Crippen LogP contribution in [0.5, 0.6) is 5.75 Å². The first-order valence-corrected chi connectivity index (χ1v) is 7.91. The second kappa shape index (κ2) is 5.62. The number of aromatic amines is 1. The number of H-pyrrole nitrogens is 1. The van der Waals surface area contributed by atoms with Crippen molar-refractivity contribution in [1.29, 1.82) is 0 Å². The molecule has 0 saturated carbocycles. The highest BCUT2D eigenvalue weighted by atomic mass is 32.1. The largest absolute Gasteiger partial charge is 0.503 e. The fraction of sp³-hybridized carbons (Fsp3) is 0.333. The maximum atomic E-state index is 12.0. The molecule has 0 radical (unpaired) electrons. The van der Waals surface area contributed by atoms with E-state index >= 15 is 0 Å². The number of hydrogen-bond acceptors (Lipinski definition) is 7. The van der Waals surface area contributed by atoms with E-state index in [0.29, 0.717) is 31.8 Å². The van der Waals surface area contributed by atoms with Crippen molar-refractivity contribution in [3.63, 3.8) is 0 Å². The molecule has 3 aromatic rings. The molecule has 0 aliphatic carbocycles. The topological polar surface area (TPSA) is 102 Å². The van der Waals surface area contributed by atoms with Gasteiger partial charge in [0.25, 0.3) is 5.76 Å². The summed E-state index contributed by atoms with van der Waals surface area (Å²) in [7, 11) is 0. The molecule has 0 aromatic carbocycles. The van der Waals surface area contributed by atoms with Crippen LogP contribution in [-0.2, 0) is 9.47 Å². The number of fused-ring (bicyclic) bond motifs is 3. The lowest BCUT2D eigenvalue weighted by Crippen LogP contribution is -2.03. The maximum Gasteiger partial charge on any atom is 0.378 e. The highest BCUT2D eigenvalue weighted by Gasteiger charge is 2.28. The highest BCUT2D eigenvalue weighted by Crippen LogP contribution is 2.42. The van der Waals surface area contributed by atoms with Crippen molar-refractivity contribution in [2.24, 2.45) is 0 Å². The number of aryl methyl sites for hydroxylation is 1. The summed E-state index contributed by atoms with van der Waals surface area (Å²) in [6.45, 7) is 5.63. The lowest BCUT2D eigenvalue weighted by atomic mass is 10.2. The minimum absolute atomic E-state index is 0.173. The number of nitrogens with one attached hydrogen (secondary N) is 1. The van der Waals surface area contributed by atoms with E-state index in [1.54, 1.807) is 20.8 Å². The molecule has 0 fully saturated rings. The number of aromatic nitrogens is 1. The third-order valence-electron chi connectivity index (χ3n) is 3.42. The van der Waals surface area contributed by atoms with Crippen molar-refractivity contribution < 1.29 is 28.6 Å². The Morgan fingerprint density at radius 3 is 2.52 bits per heavy atom. The predicted molar refractivity (Wildman–Crippen MR) is 84.3 cm³/mol. The van der Waals surface area contributed by atoms with Gasteiger partial charge in [0.15, 0.2) is 11.3 Å². The van der Waals surface area contributed by atoms with E-state index in [-0.39, 0.29) is 24.7 Å². The summed E-state index contributed by atoms with van der Waals surface area (Å²) in [5.74, 6) is -1.69. The van der Waals surface area contributed by atoms with E-state index in [0.717, 1.165) is 0 Å². The quantitative estimate of drug-likeness (QED) is 0.708. The second-order valence-corrected chi connectivity index (χ2v) is 5.83. The summed E-state index contributed by atoms with van der Waals surface area (Å²) >= 11 is 1.22. The molecule has 0 aliphatic rings. The normalized spacial score (nSPS) is 11.3. The number of thiophene rings is 1. The summed E-state index contributed by atoms with van der Waals surface area (Å²) in [5, 5.41) is 10.8. The van der Waals surface area contributed by atoms with Crippen molar-refractivity contribution >= 4 is 44.6 Å². The molecule has 3 rings (SSSR count). The standard InChI is InChI=1S/C15H15NO6S/c1-4-20-14(18)11-9(17)8-10(22-11)7-6(3)12(15(19)21-5-2)23-13(7)16-8/h16-17H,4-5H2,1-3H3. The molecule has 0 aliphatic heterocycles. The van der Waals surface area contributed by atoms with E-state index in [1.165, 1.54) is 11.3 Å². The fourth-order valence-corrected chi connectivity index (χ4v) is 3.53. The minimum Gasteiger partial charge on any atom is -0.503 e. The molecule has 3 heterocycles. The Kier molecular flexibility index (Phi) is 3.77. The van der Waals surface area contributed by atoms with Crippen LogP contribution in [0.25, 0.3) is 21.3 Å². The van der Waals surface area contributed by atoms with E-state index < -0.39 is 11.9 Å². The molecular weight excluding hydrogens is 322 g/mol. The van der Waals surface area contributed by atoms with Crippen LogP contribution in [0.3, 0.4) is 0 Å². The van der Waals surface area contributed by atoms with Crippen LogP contribution in [0.4, 0.5) is 0 Å². The Morgan fingerprint density at radius 2 is 1.87 bits per heavy atom. The molecule has 7 nitrogen and oxygen atoms in total. The molecule has 0 atom stereocenters. The molecule has 0 amide bonds. The molecule has 0 bridgehead atoms.